The van der Waals surface area contributed by atoms with Crippen molar-refractivity contribution in [3.05, 3.63) is 29.8 Å². The Labute approximate surface area is 127 Å². The monoisotopic (exact) mass is 303 g/mol. The summed E-state index contributed by atoms with van der Waals surface area (Å²) in [4.78, 5) is 27.5. The Morgan fingerprint density at radius 2 is 2.19 bits per heavy atom. The van der Waals surface area contributed by atoms with Crippen LogP contribution in [0.4, 0.5) is 4.79 Å². The third-order valence-electron chi connectivity index (χ3n) is 4.60. The van der Waals surface area contributed by atoms with Crippen molar-refractivity contribution in [2.45, 2.75) is 22.8 Å². The van der Waals surface area contributed by atoms with E-state index in [0.717, 1.165) is 12.3 Å². The summed E-state index contributed by atoms with van der Waals surface area (Å²) in [5, 5.41) is 6.06. The molecule has 3 amide bonds. The van der Waals surface area contributed by atoms with Crippen LogP contribution >= 0.6 is 11.8 Å². The van der Waals surface area contributed by atoms with Crippen LogP contribution in [0.5, 0.6) is 0 Å². The Morgan fingerprint density at radius 1 is 1.33 bits per heavy atom. The summed E-state index contributed by atoms with van der Waals surface area (Å²) in [6.07, 6.45) is 0.685. The number of urea groups is 1. The van der Waals surface area contributed by atoms with E-state index < -0.39 is 5.54 Å². The van der Waals surface area contributed by atoms with E-state index in [2.05, 4.69) is 22.8 Å². The molecule has 1 aromatic carbocycles. The highest BCUT2D eigenvalue weighted by Crippen LogP contribution is 2.40. The maximum atomic E-state index is 12.6. The molecule has 1 aromatic rings. The average molecular weight is 303 g/mol. The first-order valence-electron chi connectivity index (χ1n) is 7.26. The van der Waals surface area contributed by atoms with Crippen LogP contribution in [0.1, 0.15) is 17.9 Å². The van der Waals surface area contributed by atoms with Crippen LogP contribution in [0.25, 0.3) is 0 Å². The fraction of sp³-hybridized carbons (Fsp3) is 0.467. The molecule has 2 unspecified atom stereocenters. The fourth-order valence-electron chi connectivity index (χ4n) is 3.42. The van der Waals surface area contributed by atoms with Crippen LogP contribution in [0.2, 0.25) is 0 Å². The van der Waals surface area contributed by atoms with Crippen molar-refractivity contribution in [2.24, 2.45) is 0 Å². The number of imide groups is 1. The third kappa shape index (κ3) is 1.97. The van der Waals surface area contributed by atoms with Crippen LogP contribution in [0, 0.1) is 0 Å². The summed E-state index contributed by atoms with van der Waals surface area (Å²) < 4.78 is 0. The van der Waals surface area contributed by atoms with Crippen molar-refractivity contribution >= 4 is 23.7 Å². The van der Waals surface area contributed by atoms with Crippen molar-refractivity contribution in [1.29, 1.82) is 0 Å². The summed E-state index contributed by atoms with van der Waals surface area (Å²) in [7, 11) is 0. The highest BCUT2D eigenvalue weighted by atomic mass is 32.2. The van der Waals surface area contributed by atoms with E-state index in [1.807, 2.05) is 12.1 Å². The summed E-state index contributed by atoms with van der Waals surface area (Å²) in [6.45, 7) is 1.81. The molecule has 3 aliphatic rings. The Kier molecular flexibility index (Phi) is 2.97. The fourth-order valence-corrected chi connectivity index (χ4v) is 4.67. The van der Waals surface area contributed by atoms with Gasteiger partial charge in [-0.05, 0) is 24.6 Å². The molecule has 1 spiro atoms. The van der Waals surface area contributed by atoms with Gasteiger partial charge in [0.05, 0.1) is 0 Å². The molecule has 0 bridgehead atoms. The van der Waals surface area contributed by atoms with Gasteiger partial charge in [-0.25, -0.2) is 4.79 Å². The number of carbonyl (C=O) groups excluding carboxylic acids is 2. The molecular weight excluding hydrogens is 286 g/mol. The number of benzene rings is 1. The topological polar surface area (TPSA) is 61.4 Å². The zero-order valence-corrected chi connectivity index (χ0v) is 12.4. The standard InChI is InChI=1S/C15H17N3O2S/c19-13-15(5-6-16-9-15)17-14(20)18(13)7-10-8-21-12-4-2-1-3-11(10)12/h1-4,10,16H,5-9H2,(H,17,20). The predicted octanol–water partition coefficient (Wildman–Crippen LogP) is 1.16. The zero-order chi connectivity index (χ0) is 14.4. The second kappa shape index (κ2) is 4.74. The van der Waals surface area contributed by atoms with E-state index >= 15 is 0 Å². The molecule has 0 aliphatic carbocycles. The van der Waals surface area contributed by atoms with Gasteiger partial charge in [0.2, 0.25) is 0 Å². The number of hydrogen-bond acceptors (Lipinski definition) is 4. The van der Waals surface area contributed by atoms with Crippen LogP contribution in [-0.4, -0.2) is 47.8 Å². The van der Waals surface area contributed by atoms with Gasteiger partial charge in [-0.3, -0.25) is 9.69 Å². The maximum Gasteiger partial charge on any atom is 0.325 e. The van der Waals surface area contributed by atoms with Gasteiger partial charge in [0, 0.05) is 29.7 Å². The second-order valence-corrected chi connectivity index (χ2v) is 6.96. The Hall–Kier alpha value is -1.53. The molecule has 4 rings (SSSR count). The highest BCUT2D eigenvalue weighted by molar-refractivity contribution is 7.99. The van der Waals surface area contributed by atoms with E-state index in [1.165, 1.54) is 15.4 Å². The third-order valence-corrected chi connectivity index (χ3v) is 5.85. The molecule has 2 atom stereocenters. The van der Waals surface area contributed by atoms with Gasteiger partial charge in [0.1, 0.15) is 5.54 Å². The van der Waals surface area contributed by atoms with E-state index in [0.29, 0.717) is 19.5 Å². The van der Waals surface area contributed by atoms with Gasteiger partial charge in [0.15, 0.2) is 0 Å². The van der Waals surface area contributed by atoms with Gasteiger partial charge >= 0.3 is 6.03 Å². The lowest BCUT2D eigenvalue weighted by atomic mass is 9.97. The first-order chi connectivity index (χ1) is 10.2. The van der Waals surface area contributed by atoms with E-state index in [-0.39, 0.29) is 17.9 Å². The number of nitrogens with zero attached hydrogens (tertiary/aromatic N) is 1. The van der Waals surface area contributed by atoms with Crippen LogP contribution in [-0.2, 0) is 4.79 Å². The molecule has 3 heterocycles. The van der Waals surface area contributed by atoms with Crippen molar-refractivity contribution in [2.75, 3.05) is 25.4 Å². The molecule has 6 heteroatoms. The summed E-state index contributed by atoms with van der Waals surface area (Å²) >= 11 is 1.80. The number of thioether (sulfide) groups is 1. The summed E-state index contributed by atoms with van der Waals surface area (Å²) in [5.41, 5.74) is 0.566. The van der Waals surface area contributed by atoms with Gasteiger partial charge < -0.3 is 10.6 Å². The molecule has 5 nitrogen and oxygen atoms in total. The molecular formula is C15H17N3O2S. The molecule has 0 saturated carbocycles. The lowest BCUT2D eigenvalue weighted by molar-refractivity contribution is -0.130. The quantitative estimate of drug-likeness (QED) is 0.805. The van der Waals surface area contributed by atoms with Crippen molar-refractivity contribution in [1.82, 2.24) is 15.5 Å². The van der Waals surface area contributed by atoms with Gasteiger partial charge in [-0.1, -0.05) is 18.2 Å². The minimum atomic E-state index is -0.692. The lowest BCUT2D eigenvalue weighted by Gasteiger charge is -2.21. The summed E-state index contributed by atoms with van der Waals surface area (Å²) in [5.74, 6) is 1.11. The molecule has 21 heavy (non-hydrogen) atoms. The van der Waals surface area contributed by atoms with Gasteiger partial charge in [-0.15, -0.1) is 11.8 Å². The molecule has 2 fully saturated rings. The van der Waals surface area contributed by atoms with E-state index in [4.69, 9.17) is 0 Å². The molecule has 0 aromatic heterocycles. The number of amides is 3. The Balaban J connectivity index is 1.56. The minimum Gasteiger partial charge on any atom is -0.322 e. The number of hydrogen-bond donors (Lipinski definition) is 2. The van der Waals surface area contributed by atoms with Gasteiger partial charge in [0.25, 0.3) is 5.91 Å². The second-order valence-electron chi connectivity index (χ2n) is 5.90. The maximum absolute atomic E-state index is 12.6. The molecule has 110 valence electrons. The van der Waals surface area contributed by atoms with Crippen molar-refractivity contribution in [3.63, 3.8) is 0 Å². The van der Waals surface area contributed by atoms with Crippen LogP contribution in [0.15, 0.2) is 29.2 Å². The first-order valence-corrected chi connectivity index (χ1v) is 8.25. The summed E-state index contributed by atoms with van der Waals surface area (Å²) in [6, 6.07) is 8.02. The van der Waals surface area contributed by atoms with Gasteiger partial charge in [-0.2, -0.15) is 0 Å². The largest absolute Gasteiger partial charge is 0.325 e. The first kappa shape index (κ1) is 13.2. The SMILES string of the molecule is O=C1NC2(CCNC2)C(=O)N1CC1CSc2ccccc21. The normalized spacial score (nSPS) is 31.0. The molecule has 2 N–H and O–H groups in total. The Bertz CT molecular complexity index is 613. The van der Waals surface area contributed by atoms with Crippen LogP contribution in [0.3, 0.4) is 0 Å². The smallest absolute Gasteiger partial charge is 0.322 e. The average Bonchev–Trinajstić information content (AvgIpc) is 3.16. The van der Waals surface area contributed by atoms with Crippen molar-refractivity contribution < 1.29 is 9.59 Å². The Morgan fingerprint density at radius 3 is 3.00 bits per heavy atom. The number of carbonyl (C=O) groups is 2. The van der Waals surface area contributed by atoms with Crippen LogP contribution < -0.4 is 10.6 Å². The molecule has 2 saturated heterocycles. The zero-order valence-electron chi connectivity index (χ0n) is 11.6. The molecule has 3 aliphatic heterocycles. The predicted molar refractivity (Wildman–Crippen MR) is 80.4 cm³/mol. The highest BCUT2D eigenvalue weighted by Gasteiger charge is 2.53. The number of nitrogens with one attached hydrogen (secondary N) is 2. The number of fused-ring (bicyclic) bond motifs is 1. The molecule has 0 radical (unpaired) electrons. The van der Waals surface area contributed by atoms with Crippen molar-refractivity contribution in [3.8, 4) is 0 Å². The van der Waals surface area contributed by atoms with E-state index in [9.17, 15) is 9.59 Å². The lowest BCUT2D eigenvalue weighted by Crippen LogP contribution is -2.48. The van der Waals surface area contributed by atoms with E-state index in [1.54, 1.807) is 11.8 Å². The number of rotatable bonds is 2. The minimum absolute atomic E-state index is 0.0631.